The zero-order valence-corrected chi connectivity index (χ0v) is 17.4. The Morgan fingerprint density at radius 2 is 1.89 bits per heavy atom. The van der Waals surface area contributed by atoms with Gasteiger partial charge in [0, 0.05) is 17.8 Å². The fraction of sp³-hybridized carbons (Fsp3) is 0.278. The lowest BCUT2D eigenvalue weighted by Gasteiger charge is -2.15. The molecule has 0 saturated carbocycles. The van der Waals surface area contributed by atoms with Gasteiger partial charge in [-0.05, 0) is 17.7 Å². The number of carbonyl (C=O) groups is 1. The molecule has 0 unspecified atom stereocenters. The van der Waals surface area contributed by atoms with Crippen molar-refractivity contribution in [3.63, 3.8) is 0 Å². The molecule has 28 heavy (non-hydrogen) atoms. The molecule has 2 aromatic heterocycles. The highest BCUT2D eigenvalue weighted by Gasteiger charge is 2.17. The maximum Gasteiger partial charge on any atom is 0.272 e. The third-order valence-corrected chi connectivity index (χ3v) is 5.53. The number of thioether (sulfide) groups is 1. The molecule has 3 rings (SSSR count). The number of rotatable bonds is 7. The first-order valence-corrected chi connectivity index (χ1v) is 10.2. The summed E-state index contributed by atoms with van der Waals surface area (Å²) in [6.45, 7) is -0.160. The number of thiophene rings is 1. The van der Waals surface area contributed by atoms with Gasteiger partial charge in [0.15, 0.2) is 16.7 Å². The number of aromatic nitrogens is 2. The summed E-state index contributed by atoms with van der Waals surface area (Å²) in [6, 6.07) is 5.04. The molecule has 1 amide bonds. The van der Waals surface area contributed by atoms with Gasteiger partial charge in [-0.25, -0.2) is 4.98 Å². The molecule has 0 aliphatic carbocycles. The van der Waals surface area contributed by atoms with Crippen LogP contribution in [0.3, 0.4) is 0 Å². The third-order valence-electron chi connectivity index (χ3n) is 3.96. The average molecular weight is 422 g/mol. The number of anilines is 1. The van der Waals surface area contributed by atoms with Crippen molar-refractivity contribution in [2.24, 2.45) is 0 Å². The first-order chi connectivity index (χ1) is 13.5. The van der Waals surface area contributed by atoms with Crippen LogP contribution in [0.4, 0.5) is 5.69 Å². The van der Waals surface area contributed by atoms with Crippen molar-refractivity contribution in [3.05, 3.63) is 33.9 Å². The van der Waals surface area contributed by atoms with Crippen molar-refractivity contribution in [1.29, 1.82) is 0 Å². The highest BCUT2D eigenvalue weighted by Crippen LogP contribution is 2.39. The van der Waals surface area contributed by atoms with Crippen molar-refractivity contribution in [2.45, 2.75) is 11.7 Å². The van der Waals surface area contributed by atoms with Crippen molar-refractivity contribution in [3.8, 4) is 17.2 Å². The normalized spacial score (nSPS) is 10.7. The van der Waals surface area contributed by atoms with Gasteiger partial charge in [-0.2, -0.15) is 0 Å². The number of amides is 1. The van der Waals surface area contributed by atoms with Crippen LogP contribution in [0.15, 0.2) is 33.5 Å². The predicted octanol–water partition coefficient (Wildman–Crippen LogP) is 2.84. The number of hydrogen-bond acceptors (Lipinski definition) is 8. The van der Waals surface area contributed by atoms with Gasteiger partial charge >= 0.3 is 0 Å². The Hall–Kier alpha value is -2.72. The Morgan fingerprint density at radius 3 is 2.46 bits per heavy atom. The molecule has 1 aromatic carbocycles. The van der Waals surface area contributed by atoms with Crippen molar-refractivity contribution < 1.29 is 19.0 Å². The smallest absolute Gasteiger partial charge is 0.272 e. The molecule has 0 saturated heterocycles. The van der Waals surface area contributed by atoms with E-state index in [-0.39, 0.29) is 18.0 Å². The van der Waals surface area contributed by atoms with Crippen LogP contribution in [-0.4, -0.2) is 43.0 Å². The van der Waals surface area contributed by atoms with E-state index in [4.69, 9.17) is 14.2 Å². The molecule has 10 heteroatoms. The molecule has 0 fully saturated rings. The molecule has 2 heterocycles. The second kappa shape index (κ2) is 8.53. The van der Waals surface area contributed by atoms with Crippen molar-refractivity contribution in [2.75, 3.05) is 32.9 Å². The van der Waals surface area contributed by atoms with E-state index in [2.05, 4.69) is 10.3 Å². The molecule has 3 aromatic rings. The highest BCUT2D eigenvalue weighted by atomic mass is 32.2. The standard InChI is InChI=1S/C18H19N3O5S2/c1-24-12-7-10(8-13(25-2)15(12)26-3)19-14(22)9-21-17(23)16-11(5-6-28-16)20-18(21)27-4/h5-8H,9H2,1-4H3,(H,19,22). The first-order valence-electron chi connectivity index (χ1n) is 8.14. The molecule has 0 radical (unpaired) electrons. The van der Waals surface area contributed by atoms with Crippen LogP contribution in [0.5, 0.6) is 17.2 Å². The fourth-order valence-corrected chi connectivity index (χ4v) is 4.05. The van der Waals surface area contributed by atoms with Gasteiger partial charge in [0.2, 0.25) is 11.7 Å². The van der Waals surface area contributed by atoms with Crippen LogP contribution in [0.1, 0.15) is 0 Å². The number of nitrogens with zero attached hydrogens (tertiary/aromatic N) is 2. The molecule has 148 valence electrons. The number of hydrogen-bond donors (Lipinski definition) is 1. The molecule has 0 bridgehead atoms. The van der Waals surface area contributed by atoms with E-state index >= 15 is 0 Å². The predicted molar refractivity (Wildman–Crippen MR) is 110 cm³/mol. The molecule has 0 aliphatic rings. The van der Waals surface area contributed by atoms with Gasteiger partial charge < -0.3 is 19.5 Å². The number of nitrogens with one attached hydrogen (secondary N) is 1. The minimum Gasteiger partial charge on any atom is -0.493 e. The monoisotopic (exact) mass is 421 g/mol. The number of ether oxygens (including phenoxy) is 3. The van der Waals surface area contributed by atoms with E-state index in [1.54, 1.807) is 18.2 Å². The second-order valence-electron chi connectivity index (χ2n) is 5.59. The van der Waals surface area contributed by atoms with Crippen LogP contribution in [0.25, 0.3) is 10.2 Å². The van der Waals surface area contributed by atoms with Crippen LogP contribution in [0.2, 0.25) is 0 Å². The van der Waals surface area contributed by atoms with Gasteiger partial charge in [0.05, 0.1) is 26.8 Å². The zero-order valence-electron chi connectivity index (χ0n) is 15.8. The Bertz CT molecular complexity index is 1050. The van der Waals surface area contributed by atoms with E-state index in [0.717, 1.165) is 0 Å². The summed E-state index contributed by atoms with van der Waals surface area (Å²) in [5.74, 6) is 0.891. The number of methoxy groups -OCH3 is 3. The zero-order chi connectivity index (χ0) is 20.3. The Kier molecular flexibility index (Phi) is 6.10. The van der Waals surface area contributed by atoms with Gasteiger partial charge in [-0.3, -0.25) is 14.2 Å². The van der Waals surface area contributed by atoms with E-state index < -0.39 is 0 Å². The summed E-state index contributed by atoms with van der Waals surface area (Å²) in [5.41, 5.74) is 0.869. The van der Waals surface area contributed by atoms with Gasteiger partial charge in [0.1, 0.15) is 11.2 Å². The van der Waals surface area contributed by atoms with E-state index in [0.29, 0.717) is 38.3 Å². The topological polar surface area (TPSA) is 91.7 Å². The Morgan fingerprint density at radius 1 is 1.21 bits per heavy atom. The van der Waals surface area contributed by atoms with Gasteiger partial charge in [-0.1, -0.05) is 11.8 Å². The average Bonchev–Trinajstić information content (AvgIpc) is 3.17. The molecule has 8 nitrogen and oxygen atoms in total. The summed E-state index contributed by atoms with van der Waals surface area (Å²) >= 11 is 2.62. The first kappa shape index (κ1) is 20.0. The minimum absolute atomic E-state index is 0.160. The van der Waals surface area contributed by atoms with Crippen LogP contribution < -0.4 is 25.1 Å². The Labute approximate surface area is 169 Å². The SMILES string of the molecule is COc1cc(NC(=O)Cn2c(SC)nc3ccsc3c2=O)cc(OC)c1OC. The summed E-state index contributed by atoms with van der Waals surface area (Å²) in [4.78, 5) is 29.8. The van der Waals surface area contributed by atoms with E-state index in [1.807, 2.05) is 11.6 Å². The van der Waals surface area contributed by atoms with Crippen molar-refractivity contribution >= 4 is 44.9 Å². The third kappa shape index (κ3) is 3.78. The Balaban J connectivity index is 1.90. The summed E-state index contributed by atoms with van der Waals surface area (Å²) in [6.07, 6.45) is 1.81. The number of fused-ring (bicyclic) bond motifs is 1. The molecule has 0 atom stereocenters. The lowest BCUT2D eigenvalue weighted by molar-refractivity contribution is -0.116. The summed E-state index contributed by atoms with van der Waals surface area (Å²) in [5, 5.41) is 5.06. The van der Waals surface area contributed by atoms with Gasteiger partial charge in [-0.15, -0.1) is 11.3 Å². The fourth-order valence-electron chi connectivity index (χ4n) is 2.72. The van der Waals surface area contributed by atoms with Crippen LogP contribution in [-0.2, 0) is 11.3 Å². The summed E-state index contributed by atoms with van der Waals surface area (Å²) in [7, 11) is 4.49. The van der Waals surface area contributed by atoms with E-state index in [1.165, 1.54) is 49.0 Å². The number of carbonyl (C=O) groups excluding carboxylic acids is 1. The maximum absolute atomic E-state index is 12.7. The number of benzene rings is 1. The quantitative estimate of drug-likeness (QED) is 0.463. The molecular formula is C18H19N3O5S2. The van der Waals surface area contributed by atoms with Crippen LogP contribution >= 0.6 is 23.1 Å². The molecule has 1 N–H and O–H groups in total. The largest absolute Gasteiger partial charge is 0.493 e. The van der Waals surface area contributed by atoms with Crippen LogP contribution in [0, 0.1) is 0 Å². The molecule has 0 spiro atoms. The van der Waals surface area contributed by atoms with E-state index in [9.17, 15) is 9.59 Å². The van der Waals surface area contributed by atoms with Crippen molar-refractivity contribution in [1.82, 2.24) is 9.55 Å². The molecule has 0 aliphatic heterocycles. The lowest BCUT2D eigenvalue weighted by atomic mass is 10.2. The minimum atomic E-state index is -0.371. The lowest BCUT2D eigenvalue weighted by Crippen LogP contribution is -2.29. The second-order valence-corrected chi connectivity index (χ2v) is 7.28. The summed E-state index contributed by atoms with van der Waals surface area (Å²) < 4.78 is 17.8. The molecular weight excluding hydrogens is 402 g/mol. The maximum atomic E-state index is 12.7. The highest BCUT2D eigenvalue weighted by molar-refractivity contribution is 7.98. The van der Waals surface area contributed by atoms with Gasteiger partial charge in [0.25, 0.3) is 5.56 Å².